The molecular formula is C13H12F2N2O. The molecule has 0 N–H and O–H groups in total. The zero-order valence-corrected chi connectivity index (χ0v) is 9.86. The summed E-state index contributed by atoms with van der Waals surface area (Å²) < 4.78 is 28.0. The van der Waals surface area contributed by atoms with Crippen molar-refractivity contribution in [1.82, 2.24) is 9.78 Å². The third-order valence-corrected chi connectivity index (χ3v) is 2.76. The minimum atomic E-state index is -0.689. The van der Waals surface area contributed by atoms with Gasteiger partial charge in [0, 0.05) is 25.4 Å². The molecule has 5 heteroatoms. The van der Waals surface area contributed by atoms with E-state index in [-0.39, 0.29) is 12.0 Å². The molecule has 1 aromatic heterocycles. The zero-order chi connectivity index (χ0) is 13.1. The Balaban J connectivity index is 2.08. The molecule has 0 aliphatic carbocycles. The molecule has 0 unspecified atom stereocenters. The van der Waals surface area contributed by atoms with Crippen LogP contribution in [-0.4, -0.2) is 15.6 Å². The number of hydrogen-bond acceptors (Lipinski definition) is 2. The molecule has 18 heavy (non-hydrogen) atoms. The molecule has 0 fully saturated rings. The predicted molar refractivity (Wildman–Crippen MR) is 62.2 cm³/mol. The van der Waals surface area contributed by atoms with Crippen molar-refractivity contribution in [1.29, 1.82) is 0 Å². The Morgan fingerprint density at radius 1 is 1.33 bits per heavy atom. The lowest BCUT2D eigenvalue weighted by Gasteiger charge is -2.03. The average molecular weight is 250 g/mol. The second-order valence-electron chi connectivity index (χ2n) is 3.99. The van der Waals surface area contributed by atoms with Crippen molar-refractivity contribution in [2.45, 2.75) is 12.8 Å². The molecule has 0 spiro atoms. The van der Waals surface area contributed by atoms with Crippen LogP contribution in [0.1, 0.15) is 22.5 Å². The van der Waals surface area contributed by atoms with E-state index in [9.17, 15) is 13.6 Å². The number of aryl methyl sites for hydroxylation is 2. The van der Waals surface area contributed by atoms with E-state index >= 15 is 0 Å². The fraction of sp³-hybridized carbons (Fsp3) is 0.231. The van der Waals surface area contributed by atoms with Gasteiger partial charge >= 0.3 is 0 Å². The Hall–Kier alpha value is -2.04. The van der Waals surface area contributed by atoms with Gasteiger partial charge < -0.3 is 0 Å². The molecular weight excluding hydrogens is 238 g/mol. The van der Waals surface area contributed by atoms with Gasteiger partial charge in [0.2, 0.25) is 0 Å². The van der Waals surface area contributed by atoms with Crippen LogP contribution in [-0.2, 0) is 13.5 Å². The number of hydrogen-bond donors (Lipinski definition) is 0. The Morgan fingerprint density at radius 3 is 2.78 bits per heavy atom. The highest BCUT2D eigenvalue weighted by Gasteiger charge is 2.13. The van der Waals surface area contributed by atoms with Crippen LogP contribution in [0.3, 0.4) is 0 Å². The molecule has 1 heterocycles. The van der Waals surface area contributed by atoms with Crippen molar-refractivity contribution in [3.63, 3.8) is 0 Å². The Kier molecular flexibility index (Phi) is 3.50. The molecule has 0 saturated carbocycles. The number of carbonyl (C=O) groups is 1. The molecule has 2 aromatic rings. The number of nitrogens with zero attached hydrogens (tertiary/aromatic N) is 2. The summed E-state index contributed by atoms with van der Waals surface area (Å²) in [7, 11) is 1.77. The molecule has 94 valence electrons. The van der Waals surface area contributed by atoms with E-state index in [0.29, 0.717) is 6.42 Å². The summed E-state index contributed by atoms with van der Waals surface area (Å²) in [6.07, 6.45) is 2.20. The highest BCUT2D eigenvalue weighted by molar-refractivity contribution is 5.96. The highest BCUT2D eigenvalue weighted by Crippen LogP contribution is 2.13. The van der Waals surface area contributed by atoms with Crippen LogP contribution in [0.5, 0.6) is 0 Å². The molecule has 0 saturated heterocycles. The van der Waals surface area contributed by atoms with Crippen LogP contribution < -0.4 is 0 Å². The van der Waals surface area contributed by atoms with Gasteiger partial charge in [-0.15, -0.1) is 0 Å². The van der Waals surface area contributed by atoms with Gasteiger partial charge in [0.25, 0.3) is 0 Å². The molecule has 3 nitrogen and oxygen atoms in total. The topological polar surface area (TPSA) is 34.9 Å². The SMILES string of the molecule is Cn1nccc1CCC(=O)c1cc(F)ccc1F. The Bertz CT molecular complexity index is 578. The number of halogens is 2. The lowest BCUT2D eigenvalue weighted by Crippen LogP contribution is -2.07. The van der Waals surface area contributed by atoms with Gasteiger partial charge in [-0.2, -0.15) is 5.10 Å². The number of rotatable bonds is 4. The number of benzene rings is 1. The summed E-state index contributed by atoms with van der Waals surface area (Å²) in [6.45, 7) is 0. The van der Waals surface area contributed by atoms with E-state index in [1.165, 1.54) is 0 Å². The van der Waals surface area contributed by atoms with E-state index in [1.807, 2.05) is 0 Å². The van der Waals surface area contributed by atoms with Crippen molar-refractivity contribution in [2.75, 3.05) is 0 Å². The fourth-order valence-electron chi connectivity index (χ4n) is 1.73. The number of ketones is 1. The van der Waals surface area contributed by atoms with Gasteiger partial charge in [-0.3, -0.25) is 9.48 Å². The van der Waals surface area contributed by atoms with Crippen molar-refractivity contribution < 1.29 is 13.6 Å². The second-order valence-corrected chi connectivity index (χ2v) is 3.99. The Labute approximate surface area is 103 Å². The standard InChI is InChI=1S/C13H12F2N2O/c1-17-10(6-7-16-17)3-5-13(18)11-8-9(14)2-4-12(11)15/h2,4,6-8H,3,5H2,1H3. The minimum Gasteiger partial charge on any atom is -0.294 e. The average Bonchev–Trinajstić information content (AvgIpc) is 2.75. The summed E-state index contributed by atoms with van der Waals surface area (Å²) in [5.41, 5.74) is 0.678. The summed E-state index contributed by atoms with van der Waals surface area (Å²) in [5, 5.41) is 3.97. The molecule has 1 aromatic carbocycles. The van der Waals surface area contributed by atoms with Gasteiger partial charge in [0.05, 0.1) is 5.56 Å². The zero-order valence-electron chi connectivity index (χ0n) is 9.86. The van der Waals surface area contributed by atoms with Gasteiger partial charge in [-0.1, -0.05) is 0 Å². The van der Waals surface area contributed by atoms with Gasteiger partial charge in [0.1, 0.15) is 11.6 Å². The van der Waals surface area contributed by atoms with Crippen LogP contribution in [0.25, 0.3) is 0 Å². The monoisotopic (exact) mass is 250 g/mol. The normalized spacial score (nSPS) is 10.6. The molecule has 0 bridgehead atoms. The first-order valence-corrected chi connectivity index (χ1v) is 5.53. The minimum absolute atomic E-state index is 0.125. The molecule has 0 radical (unpaired) electrons. The third-order valence-electron chi connectivity index (χ3n) is 2.76. The first-order chi connectivity index (χ1) is 8.58. The predicted octanol–water partition coefficient (Wildman–Crippen LogP) is 2.51. The Morgan fingerprint density at radius 2 is 2.11 bits per heavy atom. The van der Waals surface area contributed by atoms with E-state index in [4.69, 9.17) is 0 Å². The number of carbonyl (C=O) groups excluding carboxylic acids is 1. The van der Waals surface area contributed by atoms with Crippen LogP contribution >= 0.6 is 0 Å². The van der Waals surface area contributed by atoms with Crippen LogP contribution in [0.15, 0.2) is 30.5 Å². The molecule has 2 rings (SSSR count). The smallest absolute Gasteiger partial charge is 0.166 e. The van der Waals surface area contributed by atoms with E-state index in [2.05, 4.69) is 5.10 Å². The maximum atomic E-state index is 13.4. The van der Waals surface area contributed by atoms with Crippen molar-refractivity contribution in [3.05, 3.63) is 53.4 Å². The maximum absolute atomic E-state index is 13.4. The molecule has 0 aliphatic heterocycles. The third kappa shape index (κ3) is 2.61. The summed E-state index contributed by atoms with van der Waals surface area (Å²) in [6, 6.07) is 4.68. The first-order valence-electron chi connectivity index (χ1n) is 5.53. The lowest BCUT2D eigenvalue weighted by molar-refractivity contribution is 0.0978. The molecule has 0 amide bonds. The van der Waals surface area contributed by atoms with Crippen molar-refractivity contribution >= 4 is 5.78 Å². The number of Topliss-reactive ketones (excluding diaryl/α,β-unsaturated/α-hetero) is 1. The fourth-order valence-corrected chi connectivity index (χ4v) is 1.73. The summed E-state index contributed by atoms with van der Waals surface area (Å²) in [5.74, 6) is -1.71. The van der Waals surface area contributed by atoms with E-state index < -0.39 is 17.4 Å². The van der Waals surface area contributed by atoms with Crippen LogP contribution in [0.2, 0.25) is 0 Å². The van der Waals surface area contributed by atoms with Crippen molar-refractivity contribution in [2.24, 2.45) is 7.05 Å². The second kappa shape index (κ2) is 5.08. The largest absolute Gasteiger partial charge is 0.294 e. The van der Waals surface area contributed by atoms with Crippen molar-refractivity contribution in [3.8, 4) is 0 Å². The van der Waals surface area contributed by atoms with E-state index in [0.717, 1.165) is 23.9 Å². The highest BCUT2D eigenvalue weighted by atomic mass is 19.1. The molecule has 0 aliphatic rings. The summed E-state index contributed by atoms with van der Waals surface area (Å²) in [4.78, 5) is 11.8. The van der Waals surface area contributed by atoms with Gasteiger partial charge in [0.15, 0.2) is 5.78 Å². The molecule has 0 atom stereocenters. The lowest BCUT2D eigenvalue weighted by atomic mass is 10.0. The first kappa shape index (κ1) is 12.4. The van der Waals surface area contributed by atoms with Gasteiger partial charge in [-0.05, 0) is 30.7 Å². The number of aromatic nitrogens is 2. The van der Waals surface area contributed by atoms with Crippen LogP contribution in [0, 0.1) is 11.6 Å². The maximum Gasteiger partial charge on any atom is 0.166 e. The van der Waals surface area contributed by atoms with E-state index in [1.54, 1.807) is 24.0 Å². The summed E-state index contributed by atoms with van der Waals surface area (Å²) >= 11 is 0. The quantitative estimate of drug-likeness (QED) is 0.781. The van der Waals surface area contributed by atoms with Gasteiger partial charge in [-0.25, -0.2) is 8.78 Å². The van der Waals surface area contributed by atoms with Crippen LogP contribution in [0.4, 0.5) is 8.78 Å².